The summed E-state index contributed by atoms with van der Waals surface area (Å²) in [5.74, 6) is -0.160. The molecule has 0 spiro atoms. The molecule has 1 aliphatic carbocycles. The van der Waals surface area contributed by atoms with E-state index in [1.165, 1.54) is 25.0 Å². The van der Waals surface area contributed by atoms with E-state index in [0.717, 1.165) is 31.6 Å². The summed E-state index contributed by atoms with van der Waals surface area (Å²) in [6.45, 7) is 2.09. The van der Waals surface area contributed by atoms with Crippen molar-refractivity contribution in [1.82, 2.24) is 5.32 Å². The molecular formula is C20H23N3O3S. The standard InChI is InChI=1S/C20H23N3O3S/c24-20(21-16-5-6-16)15-3-11-19(12-4-15)27(25,26)22-17-7-9-18(10-8-17)23-13-1-2-14-23/h3-4,7-12,16,22H,1-2,5-6,13-14H2,(H,21,24). The molecule has 1 saturated carbocycles. The summed E-state index contributed by atoms with van der Waals surface area (Å²) in [5.41, 5.74) is 2.10. The van der Waals surface area contributed by atoms with Crippen LogP contribution in [0.15, 0.2) is 53.4 Å². The van der Waals surface area contributed by atoms with Gasteiger partial charge in [-0.05, 0) is 74.2 Å². The van der Waals surface area contributed by atoms with Crippen molar-refractivity contribution in [2.45, 2.75) is 36.6 Å². The van der Waals surface area contributed by atoms with Crippen molar-refractivity contribution in [2.75, 3.05) is 22.7 Å². The molecule has 2 N–H and O–H groups in total. The van der Waals surface area contributed by atoms with Crippen LogP contribution >= 0.6 is 0 Å². The lowest BCUT2D eigenvalue weighted by Crippen LogP contribution is -2.25. The first-order valence-corrected chi connectivity index (χ1v) is 10.8. The van der Waals surface area contributed by atoms with Gasteiger partial charge in [-0.25, -0.2) is 8.42 Å². The van der Waals surface area contributed by atoms with Crippen LogP contribution in [0.2, 0.25) is 0 Å². The Morgan fingerprint density at radius 1 is 0.926 bits per heavy atom. The predicted octanol–water partition coefficient (Wildman–Crippen LogP) is 2.98. The normalized spacial score (nSPS) is 17.0. The van der Waals surface area contributed by atoms with Gasteiger partial charge < -0.3 is 10.2 Å². The van der Waals surface area contributed by atoms with Gasteiger partial charge in [-0.2, -0.15) is 0 Å². The number of anilines is 2. The van der Waals surface area contributed by atoms with Gasteiger partial charge in [-0.15, -0.1) is 0 Å². The highest BCUT2D eigenvalue weighted by molar-refractivity contribution is 7.92. The van der Waals surface area contributed by atoms with Crippen molar-refractivity contribution >= 4 is 27.3 Å². The van der Waals surface area contributed by atoms with Gasteiger partial charge >= 0.3 is 0 Å². The lowest BCUT2D eigenvalue weighted by molar-refractivity contribution is 0.0951. The molecule has 0 unspecified atom stereocenters. The van der Waals surface area contributed by atoms with Crippen molar-refractivity contribution in [1.29, 1.82) is 0 Å². The number of carbonyl (C=O) groups is 1. The fourth-order valence-corrected chi connectivity index (χ4v) is 4.27. The molecule has 142 valence electrons. The SMILES string of the molecule is O=C(NC1CC1)c1ccc(S(=O)(=O)Nc2ccc(N3CCCC3)cc2)cc1. The molecule has 2 aromatic rings. The smallest absolute Gasteiger partial charge is 0.261 e. The molecule has 6 nitrogen and oxygen atoms in total. The number of nitrogens with one attached hydrogen (secondary N) is 2. The third-order valence-electron chi connectivity index (χ3n) is 4.93. The van der Waals surface area contributed by atoms with E-state index >= 15 is 0 Å². The Bertz CT molecular complexity index is 914. The Balaban J connectivity index is 1.43. The number of hydrogen-bond acceptors (Lipinski definition) is 4. The maximum atomic E-state index is 12.6. The van der Waals surface area contributed by atoms with Crippen LogP contribution in [0.5, 0.6) is 0 Å². The lowest BCUT2D eigenvalue weighted by atomic mass is 10.2. The van der Waals surface area contributed by atoms with Gasteiger partial charge in [-0.3, -0.25) is 9.52 Å². The summed E-state index contributed by atoms with van der Waals surface area (Å²) >= 11 is 0. The zero-order valence-electron chi connectivity index (χ0n) is 15.0. The second-order valence-electron chi connectivity index (χ2n) is 7.12. The Morgan fingerprint density at radius 3 is 2.15 bits per heavy atom. The summed E-state index contributed by atoms with van der Waals surface area (Å²) in [7, 11) is -3.69. The van der Waals surface area contributed by atoms with Crippen LogP contribution in [0.1, 0.15) is 36.0 Å². The van der Waals surface area contributed by atoms with E-state index in [2.05, 4.69) is 14.9 Å². The zero-order valence-corrected chi connectivity index (χ0v) is 15.8. The molecule has 2 fully saturated rings. The minimum atomic E-state index is -3.69. The average molecular weight is 385 g/mol. The average Bonchev–Trinajstić information content (AvgIpc) is 3.31. The number of benzene rings is 2. The first kappa shape index (κ1) is 17.9. The molecule has 0 radical (unpaired) electrons. The Hall–Kier alpha value is -2.54. The maximum Gasteiger partial charge on any atom is 0.261 e. The van der Waals surface area contributed by atoms with E-state index in [1.807, 2.05) is 12.1 Å². The summed E-state index contributed by atoms with van der Waals surface area (Å²) in [6, 6.07) is 13.7. The Morgan fingerprint density at radius 2 is 1.56 bits per heavy atom. The number of carbonyl (C=O) groups excluding carboxylic acids is 1. The van der Waals surface area contributed by atoms with Gasteiger partial charge in [0.25, 0.3) is 15.9 Å². The molecule has 2 aliphatic rings. The second-order valence-corrected chi connectivity index (χ2v) is 8.80. The van der Waals surface area contributed by atoms with E-state index in [1.54, 1.807) is 24.3 Å². The van der Waals surface area contributed by atoms with Crippen LogP contribution in [0, 0.1) is 0 Å². The van der Waals surface area contributed by atoms with Crippen molar-refractivity contribution in [2.24, 2.45) is 0 Å². The van der Waals surface area contributed by atoms with Crippen molar-refractivity contribution in [3.8, 4) is 0 Å². The molecule has 0 aromatic heterocycles. The van der Waals surface area contributed by atoms with Crippen LogP contribution in [0.4, 0.5) is 11.4 Å². The molecule has 0 bridgehead atoms. The van der Waals surface area contributed by atoms with Crippen LogP contribution < -0.4 is 14.9 Å². The number of amides is 1. The van der Waals surface area contributed by atoms with Crippen LogP contribution in [-0.4, -0.2) is 33.5 Å². The topological polar surface area (TPSA) is 78.5 Å². The van der Waals surface area contributed by atoms with E-state index in [0.29, 0.717) is 11.3 Å². The molecule has 1 heterocycles. The lowest BCUT2D eigenvalue weighted by Gasteiger charge is -2.18. The first-order chi connectivity index (χ1) is 13.0. The molecule has 1 aliphatic heterocycles. The number of rotatable bonds is 6. The van der Waals surface area contributed by atoms with Gasteiger partial charge in [0, 0.05) is 36.1 Å². The second kappa shape index (κ2) is 7.23. The molecule has 1 saturated heterocycles. The van der Waals surface area contributed by atoms with Gasteiger partial charge in [0.2, 0.25) is 0 Å². The van der Waals surface area contributed by atoms with Crippen molar-refractivity contribution in [3.05, 3.63) is 54.1 Å². The van der Waals surface area contributed by atoms with Gasteiger partial charge in [0.15, 0.2) is 0 Å². The van der Waals surface area contributed by atoms with Gasteiger partial charge in [0.1, 0.15) is 0 Å². The van der Waals surface area contributed by atoms with E-state index in [4.69, 9.17) is 0 Å². The predicted molar refractivity (Wildman–Crippen MR) is 106 cm³/mol. The molecule has 0 atom stereocenters. The summed E-state index contributed by atoms with van der Waals surface area (Å²) in [6.07, 6.45) is 4.42. The number of hydrogen-bond donors (Lipinski definition) is 2. The van der Waals surface area contributed by atoms with Gasteiger partial charge in [0.05, 0.1) is 4.90 Å². The van der Waals surface area contributed by atoms with Gasteiger partial charge in [-0.1, -0.05) is 0 Å². The fraction of sp³-hybridized carbons (Fsp3) is 0.350. The number of sulfonamides is 1. The quantitative estimate of drug-likeness (QED) is 0.801. The van der Waals surface area contributed by atoms with Crippen molar-refractivity contribution < 1.29 is 13.2 Å². The third-order valence-corrected chi connectivity index (χ3v) is 6.33. The summed E-state index contributed by atoms with van der Waals surface area (Å²) in [4.78, 5) is 14.4. The minimum Gasteiger partial charge on any atom is -0.372 e. The first-order valence-electron chi connectivity index (χ1n) is 9.30. The van der Waals surface area contributed by atoms with Crippen LogP contribution in [0.3, 0.4) is 0 Å². The molecule has 4 rings (SSSR count). The zero-order chi connectivity index (χ0) is 18.9. The summed E-state index contributed by atoms with van der Waals surface area (Å²) < 4.78 is 27.8. The molecule has 7 heteroatoms. The highest BCUT2D eigenvalue weighted by Gasteiger charge is 2.24. The van der Waals surface area contributed by atoms with E-state index in [-0.39, 0.29) is 16.8 Å². The van der Waals surface area contributed by atoms with Crippen LogP contribution in [-0.2, 0) is 10.0 Å². The van der Waals surface area contributed by atoms with E-state index in [9.17, 15) is 13.2 Å². The molecular weight excluding hydrogens is 362 g/mol. The molecule has 27 heavy (non-hydrogen) atoms. The fourth-order valence-electron chi connectivity index (χ4n) is 3.21. The third kappa shape index (κ3) is 4.24. The van der Waals surface area contributed by atoms with E-state index < -0.39 is 10.0 Å². The minimum absolute atomic E-state index is 0.133. The number of nitrogens with zero attached hydrogens (tertiary/aromatic N) is 1. The monoisotopic (exact) mass is 385 g/mol. The Labute approximate surface area is 159 Å². The molecule has 2 aromatic carbocycles. The highest BCUT2D eigenvalue weighted by atomic mass is 32.2. The highest BCUT2D eigenvalue weighted by Crippen LogP contribution is 2.24. The van der Waals surface area contributed by atoms with Crippen molar-refractivity contribution in [3.63, 3.8) is 0 Å². The molecule has 1 amide bonds. The van der Waals surface area contributed by atoms with Crippen LogP contribution in [0.25, 0.3) is 0 Å². The largest absolute Gasteiger partial charge is 0.372 e. The Kier molecular flexibility index (Phi) is 4.78. The maximum absolute atomic E-state index is 12.6. The summed E-state index contributed by atoms with van der Waals surface area (Å²) in [5, 5.41) is 2.89.